The van der Waals surface area contributed by atoms with E-state index in [2.05, 4.69) is 0 Å². The third-order valence-electron chi connectivity index (χ3n) is 2.34. The smallest absolute Gasteiger partial charge is 0.133 e. The van der Waals surface area contributed by atoms with Crippen LogP contribution in [-0.2, 0) is 0 Å². The summed E-state index contributed by atoms with van der Waals surface area (Å²) in [6, 6.07) is 8.23. The molecule has 0 saturated heterocycles. The van der Waals surface area contributed by atoms with Crippen LogP contribution in [0, 0.1) is 11.6 Å². The van der Waals surface area contributed by atoms with Gasteiger partial charge in [0.1, 0.15) is 11.6 Å². The van der Waals surface area contributed by atoms with E-state index in [1.54, 1.807) is 0 Å². The van der Waals surface area contributed by atoms with Gasteiger partial charge in [-0.25, -0.2) is 8.78 Å². The molecule has 4 N–H and O–H groups in total. The molecule has 0 fully saturated rings. The summed E-state index contributed by atoms with van der Waals surface area (Å²) in [7, 11) is 0. The van der Waals surface area contributed by atoms with Crippen molar-refractivity contribution in [2.24, 2.45) is 0 Å². The minimum atomic E-state index is -0.621. The second-order valence-electron chi connectivity index (χ2n) is 3.44. The monoisotopic (exact) mass is 220 g/mol. The number of nitrogens with two attached hydrogens (primary N) is 2. The van der Waals surface area contributed by atoms with Gasteiger partial charge in [0.15, 0.2) is 0 Å². The van der Waals surface area contributed by atoms with Gasteiger partial charge in [-0.15, -0.1) is 0 Å². The molecule has 0 radical (unpaired) electrons. The summed E-state index contributed by atoms with van der Waals surface area (Å²) >= 11 is 0. The zero-order chi connectivity index (χ0) is 11.7. The number of rotatable bonds is 1. The Morgan fingerprint density at radius 3 is 2.00 bits per heavy atom. The fraction of sp³-hybridized carbons (Fsp3) is 0. The average molecular weight is 220 g/mol. The van der Waals surface area contributed by atoms with Crippen molar-refractivity contribution in [3.05, 3.63) is 48.0 Å². The third-order valence-corrected chi connectivity index (χ3v) is 2.34. The van der Waals surface area contributed by atoms with E-state index in [0.29, 0.717) is 16.9 Å². The van der Waals surface area contributed by atoms with Crippen LogP contribution < -0.4 is 11.5 Å². The predicted octanol–water partition coefficient (Wildman–Crippen LogP) is 2.80. The Balaban J connectivity index is 2.63. The number of hydrogen-bond donors (Lipinski definition) is 2. The van der Waals surface area contributed by atoms with Crippen LogP contribution in [0.3, 0.4) is 0 Å². The molecule has 0 unspecified atom stereocenters. The van der Waals surface area contributed by atoms with Gasteiger partial charge < -0.3 is 11.5 Å². The Morgan fingerprint density at radius 1 is 0.812 bits per heavy atom. The molecule has 0 aliphatic carbocycles. The van der Waals surface area contributed by atoms with Gasteiger partial charge in [0.25, 0.3) is 0 Å². The lowest BCUT2D eigenvalue weighted by atomic mass is 10.0. The summed E-state index contributed by atoms with van der Waals surface area (Å²) in [4.78, 5) is 0. The molecule has 16 heavy (non-hydrogen) atoms. The van der Waals surface area contributed by atoms with Gasteiger partial charge in [0.05, 0.1) is 16.9 Å². The van der Waals surface area contributed by atoms with Crippen LogP contribution >= 0.6 is 0 Å². The number of benzene rings is 2. The van der Waals surface area contributed by atoms with Gasteiger partial charge in [0.2, 0.25) is 0 Å². The van der Waals surface area contributed by atoms with E-state index >= 15 is 0 Å². The highest BCUT2D eigenvalue weighted by molar-refractivity contribution is 5.75. The van der Waals surface area contributed by atoms with Crippen LogP contribution in [0.5, 0.6) is 0 Å². The fourth-order valence-corrected chi connectivity index (χ4v) is 1.50. The van der Waals surface area contributed by atoms with Crippen molar-refractivity contribution in [3.8, 4) is 11.1 Å². The van der Waals surface area contributed by atoms with E-state index in [1.807, 2.05) is 0 Å². The number of hydrogen-bond acceptors (Lipinski definition) is 2. The van der Waals surface area contributed by atoms with Crippen molar-refractivity contribution in [3.63, 3.8) is 0 Å². The average Bonchev–Trinajstić information content (AvgIpc) is 2.23. The molecular formula is C12H10F2N2. The summed E-state index contributed by atoms with van der Waals surface area (Å²) < 4.78 is 26.9. The van der Waals surface area contributed by atoms with E-state index in [4.69, 9.17) is 11.5 Å². The molecule has 2 nitrogen and oxygen atoms in total. The number of anilines is 2. The normalized spacial score (nSPS) is 10.4. The second kappa shape index (κ2) is 3.81. The largest absolute Gasteiger partial charge is 0.397 e. The molecule has 0 heterocycles. The van der Waals surface area contributed by atoms with Crippen LogP contribution in [-0.4, -0.2) is 0 Å². The molecule has 4 heteroatoms. The molecule has 0 bridgehead atoms. The molecule has 0 amide bonds. The second-order valence-corrected chi connectivity index (χ2v) is 3.44. The van der Waals surface area contributed by atoms with Gasteiger partial charge in [-0.1, -0.05) is 12.1 Å². The first kappa shape index (κ1) is 10.4. The SMILES string of the molecule is Nc1ccc(-c2c(F)cccc2F)cc1N. The van der Waals surface area contributed by atoms with Gasteiger partial charge in [-0.3, -0.25) is 0 Å². The zero-order valence-corrected chi connectivity index (χ0v) is 8.37. The zero-order valence-electron chi connectivity index (χ0n) is 8.37. The predicted molar refractivity (Wildman–Crippen MR) is 60.6 cm³/mol. The Kier molecular flexibility index (Phi) is 2.48. The van der Waals surface area contributed by atoms with Crippen molar-refractivity contribution in [2.75, 3.05) is 11.5 Å². The minimum Gasteiger partial charge on any atom is -0.397 e. The van der Waals surface area contributed by atoms with Crippen molar-refractivity contribution in [1.29, 1.82) is 0 Å². The van der Waals surface area contributed by atoms with E-state index in [0.717, 1.165) is 0 Å². The van der Waals surface area contributed by atoms with Crippen LogP contribution in [0.2, 0.25) is 0 Å². The lowest BCUT2D eigenvalue weighted by Gasteiger charge is -2.07. The van der Waals surface area contributed by atoms with Gasteiger partial charge in [-0.05, 0) is 29.8 Å². The minimum absolute atomic E-state index is 0.0887. The Hall–Kier alpha value is -2.10. The Bertz CT molecular complexity index is 518. The third kappa shape index (κ3) is 1.69. The molecule has 2 aromatic carbocycles. The number of halogens is 2. The van der Waals surface area contributed by atoms with Gasteiger partial charge >= 0.3 is 0 Å². The summed E-state index contributed by atoms with van der Waals surface area (Å²) in [5.74, 6) is -1.24. The molecule has 0 spiro atoms. The van der Waals surface area contributed by atoms with Gasteiger partial charge in [0, 0.05) is 0 Å². The summed E-state index contributed by atoms with van der Waals surface area (Å²) in [6.07, 6.45) is 0. The van der Waals surface area contributed by atoms with Crippen LogP contribution in [0.15, 0.2) is 36.4 Å². The lowest BCUT2D eigenvalue weighted by molar-refractivity contribution is 0.589. The first-order valence-electron chi connectivity index (χ1n) is 4.69. The van der Waals surface area contributed by atoms with Gasteiger partial charge in [-0.2, -0.15) is 0 Å². The van der Waals surface area contributed by atoms with E-state index in [-0.39, 0.29) is 5.56 Å². The maximum Gasteiger partial charge on any atom is 0.133 e. The van der Waals surface area contributed by atoms with Crippen LogP contribution in [0.25, 0.3) is 11.1 Å². The molecule has 2 rings (SSSR count). The van der Waals surface area contributed by atoms with Crippen LogP contribution in [0.4, 0.5) is 20.2 Å². The van der Waals surface area contributed by atoms with E-state index in [9.17, 15) is 8.78 Å². The topological polar surface area (TPSA) is 52.0 Å². The Morgan fingerprint density at radius 2 is 1.44 bits per heavy atom. The van der Waals surface area contributed by atoms with E-state index in [1.165, 1.54) is 36.4 Å². The van der Waals surface area contributed by atoms with Crippen molar-refractivity contribution in [1.82, 2.24) is 0 Å². The molecular weight excluding hydrogens is 210 g/mol. The molecule has 82 valence electrons. The quantitative estimate of drug-likeness (QED) is 0.726. The molecule has 2 aromatic rings. The molecule has 0 aliphatic rings. The van der Waals surface area contributed by atoms with Crippen molar-refractivity contribution < 1.29 is 8.78 Å². The maximum absolute atomic E-state index is 13.5. The highest BCUT2D eigenvalue weighted by Crippen LogP contribution is 2.29. The summed E-state index contributed by atoms with van der Waals surface area (Å²) in [5, 5.41) is 0. The molecule has 0 atom stereocenters. The van der Waals surface area contributed by atoms with Crippen molar-refractivity contribution >= 4 is 11.4 Å². The summed E-state index contributed by atoms with van der Waals surface area (Å²) in [5.41, 5.74) is 12.1. The van der Waals surface area contributed by atoms with Crippen molar-refractivity contribution in [2.45, 2.75) is 0 Å². The first-order valence-corrected chi connectivity index (χ1v) is 4.69. The summed E-state index contributed by atoms with van der Waals surface area (Å²) in [6.45, 7) is 0. The van der Waals surface area contributed by atoms with E-state index < -0.39 is 11.6 Å². The highest BCUT2D eigenvalue weighted by atomic mass is 19.1. The standard InChI is InChI=1S/C12H10F2N2/c13-8-2-1-3-9(14)12(8)7-4-5-10(15)11(16)6-7/h1-6H,15-16H2. The lowest BCUT2D eigenvalue weighted by Crippen LogP contribution is -1.96. The number of nitrogen functional groups attached to an aromatic ring is 2. The first-order chi connectivity index (χ1) is 7.59. The molecule has 0 aromatic heterocycles. The fourth-order valence-electron chi connectivity index (χ4n) is 1.50. The Labute approximate surface area is 91.5 Å². The highest BCUT2D eigenvalue weighted by Gasteiger charge is 2.11. The molecule has 0 aliphatic heterocycles. The molecule has 0 saturated carbocycles. The van der Waals surface area contributed by atoms with Crippen LogP contribution in [0.1, 0.15) is 0 Å². The maximum atomic E-state index is 13.5.